The molecule has 2 rings (SSSR count). The molecule has 1 fully saturated rings. The molecule has 0 atom stereocenters. The third kappa shape index (κ3) is 5.33. The zero-order chi connectivity index (χ0) is 15.1. The molecule has 1 aliphatic carbocycles. The van der Waals surface area contributed by atoms with Gasteiger partial charge in [0.1, 0.15) is 18.2 Å². The minimum Gasteiger partial charge on any atom is -0.486 e. The van der Waals surface area contributed by atoms with Crippen molar-refractivity contribution in [3.63, 3.8) is 0 Å². The number of hydrogen-bond acceptors (Lipinski definition) is 3. The fraction of sp³-hybridized carbons (Fsp3) is 0.467. The molecule has 1 saturated carbocycles. The van der Waals surface area contributed by atoms with Gasteiger partial charge in [0.25, 0.3) is 0 Å². The van der Waals surface area contributed by atoms with Crippen molar-refractivity contribution in [1.82, 2.24) is 5.32 Å². The fourth-order valence-electron chi connectivity index (χ4n) is 2.40. The first-order valence-corrected chi connectivity index (χ1v) is 7.27. The summed E-state index contributed by atoms with van der Waals surface area (Å²) in [5.41, 5.74) is 5.92. The number of rotatable bonds is 5. The number of benzene rings is 1. The van der Waals surface area contributed by atoms with E-state index < -0.39 is 0 Å². The molecular formula is C15H22N4O2. The van der Waals surface area contributed by atoms with Crippen molar-refractivity contribution >= 4 is 17.6 Å². The molecule has 6 nitrogen and oxygen atoms in total. The summed E-state index contributed by atoms with van der Waals surface area (Å²) in [7, 11) is 0. The first-order chi connectivity index (χ1) is 10.1. The Morgan fingerprint density at radius 3 is 2.52 bits per heavy atom. The summed E-state index contributed by atoms with van der Waals surface area (Å²) in [4.78, 5) is 11.9. The quantitative estimate of drug-likeness (QED) is 0.495. The lowest BCUT2D eigenvalue weighted by molar-refractivity contribution is 0.244. The second-order valence-corrected chi connectivity index (χ2v) is 5.27. The number of urea groups is 1. The third-order valence-corrected chi connectivity index (χ3v) is 3.45. The number of nitrogens with two attached hydrogens (primary N) is 1. The van der Waals surface area contributed by atoms with Gasteiger partial charge in [0.15, 0.2) is 0 Å². The van der Waals surface area contributed by atoms with E-state index in [1.54, 1.807) is 24.3 Å². The Balaban J connectivity index is 1.79. The normalized spacial score (nSPS) is 15.2. The summed E-state index contributed by atoms with van der Waals surface area (Å²) in [6.45, 7) is 0.0644. The number of carbonyl (C=O) groups excluding carboxylic acids is 1. The Kier molecular flexibility index (Phi) is 5.43. The maximum atomic E-state index is 11.9. The number of carbonyl (C=O) groups is 1. The number of ether oxygens (including phenoxy) is 1. The summed E-state index contributed by atoms with van der Waals surface area (Å²) in [6, 6.07) is 7.11. The Morgan fingerprint density at radius 1 is 1.24 bits per heavy atom. The van der Waals surface area contributed by atoms with Crippen LogP contribution in [0.5, 0.6) is 5.75 Å². The molecule has 0 heterocycles. The molecule has 0 saturated heterocycles. The summed E-state index contributed by atoms with van der Waals surface area (Å²) < 4.78 is 5.27. The van der Waals surface area contributed by atoms with E-state index in [1.807, 2.05) is 0 Å². The molecule has 0 radical (unpaired) electrons. The van der Waals surface area contributed by atoms with Gasteiger partial charge in [-0.15, -0.1) is 0 Å². The lowest BCUT2D eigenvalue weighted by atomic mass is 9.96. The number of amides is 2. The smallest absolute Gasteiger partial charge is 0.319 e. The van der Waals surface area contributed by atoms with E-state index in [0.29, 0.717) is 11.4 Å². The second-order valence-electron chi connectivity index (χ2n) is 5.27. The van der Waals surface area contributed by atoms with Gasteiger partial charge in [-0.2, -0.15) is 0 Å². The van der Waals surface area contributed by atoms with Crippen LogP contribution >= 0.6 is 0 Å². The number of anilines is 1. The highest BCUT2D eigenvalue weighted by Crippen LogP contribution is 2.18. The molecule has 6 heteroatoms. The average molecular weight is 290 g/mol. The van der Waals surface area contributed by atoms with E-state index in [1.165, 1.54) is 19.3 Å². The monoisotopic (exact) mass is 290 g/mol. The molecule has 0 unspecified atom stereocenters. The Labute approximate surface area is 124 Å². The lowest BCUT2D eigenvalue weighted by Crippen LogP contribution is -2.38. The minimum atomic E-state index is -0.167. The van der Waals surface area contributed by atoms with Crippen molar-refractivity contribution in [2.45, 2.75) is 38.1 Å². The van der Waals surface area contributed by atoms with Gasteiger partial charge in [-0.05, 0) is 37.1 Å². The van der Waals surface area contributed by atoms with Crippen molar-refractivity contribution < 1.29 is 9.53 Å². The summed E-state index contributed by atoms with van der Waals surface area (Å²) in [5.74, 6) is 0.590. The van der Waals surface area contributed by atoms with E-state index >= 15 is 0 Å². The average Bonchev–Trinajstić information content (AvgIpc) is 2.47. The van der Waals surface area contributed by atoms with Crippen LogP contribution in [0.1, 0.15) is 32.1 Å². The van der Waals surface area contributed by atoms with E-state index in [4.69, 9.17) is 15.9 Å². The van der Waals surface area contributed by atoms with Gasteiger partial charge in [-0.1, -0.05) is 19.3 Å². The van der Waals surface area contributed by atoms with Crippen molar-refractivity contribution in [3.8, 4) is 5.75 Å². The Morgan fingerprint density at radius 2 is 1.90 bits per heavy atom. The van der Waals surface area contributed by atoms with Crippen molar-refractivity contribution in [2.75, 3.05) is 11.9 Å². The first kappa shape index (κ1) is 15.2. The van der Waals surface area contributed by atoms with Gasteiger partial charge in [-0.25, -0.2) is 4.79 Å². The number of nitrogens with one attached hydrogen (secondary N) is 3. The van der Waals surface area contributed by atoms with Crippen LogP contribution in [0.25, 0.3) is 0 Å². The Bertz CT molecular complexity index is 481. The molecule has 1 aromatic carbocycles. The molecule has 114 valence electrons. The maximum Gasteiger partial charge on any atom is 0.319 e. The second kappa shape index (κ2) is 7.52. The first-order valence-electron chi connectivity index (χ1n) is 7.27. The largest absolute Gasteiger partial charge is 0.486 e. The predicted molar refractivity (Wildman–Crippen MR) is 82.9 cm³/mol. The van der Waals surface area contributed by atoms with E-state index in [2.05, 4.69) is 10.6 Å². The van der Waals surface area contributed by atoms with Gasteiger partial charge in [0.2, 0.25) is 0 Å². The molecule has 21 heavy (non-hydrogen) atoms. The van der Waals surface area contributed by atoms with E-state index in [0.717, 1.165) is 12.8 Å². The highest BCUT2D eigenvalue weighted by atomic mass is 16.5. The molecule has 0 bridgehead atoms. The van der Waals surface area contributed by atoms with Crippen LogP contribution in [-0.2, 0) is 0 Å². The molecule has 0 aromatic heterocycles. The van der Waals surface area contributed by atoms with Gasteiger partial charge >= 0.3 is 6.03 Å². The highest BCUT2D eigenvalue weighted by molar-refractivity contribution is 5.89. The maximum absolute atomic E-state index is 11.9. The van der Waals surface area contributed by atoms with Crippen LogP contribution in [0.4, 0.5) is 10.5 Å². The fourth-order valence-corrected chi connectivity index (χ4v) is 2.40. The van der Waals surface area contributed by atoms with Gasteiger partial charge in [0, 0.05) is 11.7 Å². The van der Waals surface area contributed by atoms with Crippen LogP contribution in [0.2, 0.25) is 0 Å². The van der Waals surface area contributed by atoms with E-state index in [9.17, 15) is 4.79 Å². The molecular weight excluding hydrogens is 268 g/mol. The van der Waals surface area contributed by atoms with Crippen LogP contribution in [0, 0.1) is 5.41 Å². The standard InChI is InChI=1S/C15H22N4O2/c16-14(17)10-21-13-8-6-12(7-9-13)19-15(20)18-11-4-2-1-3-5-11/h6-9,11H,1-5,10H2,(H3,16,17)(H2,18,19,20). The van der Waals surface area contributed by atoms with Crippen molar-refractivity contribution in [1.29, 1.82) is 5.41 Å². The Hall–Kier alpha value is -2.24. The number of hydrogen-bond donors (Lipinski definition) is 4. The topological polar surface area (TPSA) is 100 Å². The zero-order valence-corrected chi connectivity index (χ0v) is 12.0. The SMILES string of the molecule is N=C(N)COc1ccc(NC(=O)NC2CCCCC2)cc1. The van der Waals surface area contributed by atoms with Crippen LogP contribution in [0.3, 0.4) is 0 Å². The summed E-state index contributed by atoms with van der Waals surface area (Å²) in [5, 5.41) is 12.9. The van der Waals surface area contributed by atoms with E-state index in [-0.39, 0.29) is 24.5 Å². The molecule has 2 amide bonds. The molecule has 5 N–H and O–H groups in total. The predicted octanol–water partition coefficient (Wildman–Crippen LogP) is 2.46. The molecule has 0 aliphatic heterocycles. The van der Waals surface area contributed by atoms with Crippen molar-refractivity contribution in [3.05, 3.63) is 24.3 Å². The zero-order valence-electron chi connectivity index (χ0n) is 12.0. The van der Waals surface area contributed by atoms with Crippen LogP contribution in [0.15, 0.2) is 24.3 Å². The third-order valence-electron chi connectivity index (χ3n) is 3.45. The highest BCUT2D eigenvalue weighted by Gasteiger charge is 2.15. The van der Waals surface area contributed by atoms with Gasteiger partial charge in [0.05, 0.1) is 0 Å². The summed E-state index contributed by atoms with van der Waals surface area (Å²) >= 11 is 0. The minimum absolute atomic E-state index is 0.0240. The van der Waals surface area contributed by atoms with Gasteiger partial charge < -0.3 is 21.1 Å². The number of amidine groups is 1. The lowest BCUT2D eigenvalue weighted by Gasteiger charge is -2.22. The molecule has 1 aromatic rings. The molecule has 1 aliphatic rings. The van der Waals surface area contributed by atoms with Gasteiger partial charge in [-0.3, -0.25) is 5.41 Å². The van der Waals surface area contributed by atoms with Crippen molar-refractivity contribution in [2.24, 2.45) is 5.73 Å². The summed E-state index contributed by atoms with van der Waals surface area (Å²) in [6.07, 6.45) is 5.76. The molecule has 0 spiro atoms. The van der Waals surface area contributed by atoms with Crippen LogP contribution < -0.4 is 21.1 Å². The van der Waals surface area contributed by atoms with Crippen LogP contribution in [-0.4, -0.2) is 24.5 Å².